The molecule has 1 fully saturated rings. The molecule has 4 rings (SSSR count). The number of nitrogen functional groups attached to an aromatic ring is 1. The number of esters is 1. The number of para-hydroxylation sites is 2. The Hall–Kier alpha value is -13.2. The van der Waals surface area contributed by atoms with Crippen LogP contribution in [0.3, 0.4) is 0 Å². The number of hydrogen-bond donors (Lipinski definition) is 22. The number of aliphatic carboxylic acids is 4. The number of amides is 15. The van der Waals surface area contributed by atoms with E-state index in [0.717, 1.165) is 46.5 Å². The largest absolute Gasteiger partial charge is 0.481 e. The quantitative estimate of drug-likeness (QED) is 0.0112. The Kier molecular flexibility index (Phi) is 39.7. The van der Waals surface area contributed by atoms with E-state index in [-0.39, 0.29) is 37.1 Å². The summed E-state index contributed by atoms with van der Waals surface area (Å²) in [5.41, 5.74) is 23.5. The van der Waals surface area contributed by atoms with Gasteiger partial charge < -0.3 is 122 Å². The third-order valence-electron chi connectivity index (χ3n) is 18.6. The lowest BCUT2D eigenvalue weighted by atomic mass is 9.95. The number of unbranched alkanes of at least 4 members (excludes halogenated alkanes) is 3. The lowest BCUT2D eigenvalue weighted by Gasteiger charge is -2.30. The third kappa shape index (κ3) is 33.3. The second-order valence-electron chi connectivity index (χ2n) is 28.3. The molecule has 1 aromatic heterocycles. The van der Waals surface area contributed by atoms with Gasteiger partial charge in [0.1, 0.15) is 72.6 Å². The molecule has 118 heavy (non-hydrogen) atoms. The SMILES string of the molecule is CC[C@H](C)CCCCCCC(=O)N[C@@H](Cc1c[nH]c2ccccc12)C(=O)N[C@H](CC(N)=O)C(=O)N[C@@H](CC(=O)O)C(=O)N[C@@H]1C(=O)NCC(=O)N[C@@H](CCCN)C(=O)N[C@@H](CC(=O)O)C(=O)N[C@H](C)C(=O)N[C@@H](CC(=O)O)C(=O)NCC(=O)N[C@H](CC(N)=O)C(=O)N[C@@H]([C@H](C)CC(=O)O)C(=O)N[C@@H](CC(=O)c2ccccc2N)C(=O)O[C@H]1C. The van der Waals surface area contributed by atoms with E-state index in [9.17, 15) is 121 Å². The summed E-state index contributed by atoms with van der Waals surface area (Å²) in [5.74, 6) is -30.9. The number of ether oxygens (including phenoxy) is 1. The van der Waals surface area contributed by atoms with E-state index in [4.69, 9.17) is 27.7 Å². The van der Waals surface area contributed by atoms with Crippen LogP contribution in [0.15, 0.2) is 54.7 Å². The Labute approximate surface area is 674 Å². The predicted molar refractivity (Wildman–Crippen MR) is 412 cm³/mol. The molecule has 3 aromatic rings. The molecule has 0 spiro atoms. The minimum absolute atomic E-state index is 0.0279. The van der Waals surface area contributed by atoms with Gasteiger partial charge in [0.15, 0.2) is 5.78 Å². The van der Waals surface area contributed by atoms with Crippen LogP contribution in [-0.4, -0.2) is 242 Å². The molecule has 14 atom stereocenters. The minimum Gasteiger partial charge on any atom is -0.481 e. The van der Waals surface area contributed by atoms with Gasteiger partial charge in [-0.2, -0.15) is 0 Å². The number of cyclic esters (lactones) is 1. The summed E-state index contributed by atoms with van der Waals surface area (Å²) < 4.78 is 5.69. The average Bonchev–Trinajstić information content (AvgIpc) is 1.59. The predicted octanol–water partition coefficient (Wildman–Crippen LogP) is -5.49. The molecule has 26 N–H and O–H groups in total. The zero-order chi connectivity index (χ0) is 88.2. The number of primary amides is 2. The van der Waals surface area contributed by atoms with Gasteiger partial charge in [0.25, 0.3) is 0 Å². The number of carboxylic acid groups (broad SMARTS) is 4. The van der Waals surface area contributed by atoms with Gasteiger partial charge >= 0.3 is 29.8 Å². The van der Waals surface area contributed by atoms with Gasteiger partial charge in [0.05, 0.1) is 51.6 Å². The second kappa shape index (κ2) is 48.2. The number of carbonyl (C=O) groups excluding carboxylic acids is 17. The highest BCUT2D eigenvalue weighted by Gasteiger charge is 2.41. The Bertz CT molecular complexity index is 4190. The number of fused-ring (bicyclic) bond motifs is 1. The first-order valence-electron chi connectivity index (χ1n) is 37.7. The molecular formula is C74H104N18O26. The molecule has 0 aliphatic carbocycles. The zero-order valence-corrected chi connectivity index (χ0v) is 65.5. The molecule has 0 radical (unpaired) electrons. The van der Waals surface area contributed by atoms with Gasteiger partial charge in [-0.1, -0.05) is 83.2 Å². The van der Waals surface area contributed by atoms with E-state index >= 15 is 0 Å². The molecule has 15 amide bonds. The number of carboxylic acids is 4. The molecule has 44 heteroatoms. The van der Waals surface area contributed by atoms with E-state index in [1.54, 1.807) is 30.5 Å². The van der Waals surface area contributed by atoms with Crippen LogP contribution in [0.25, 0.3) is 10.9 Å². The van der Waals surface area contributed by atoms with Crippen molar-refractivity contribution in [3.8, 4) is 0 Å². The maximum Gasteiger partial charge on any atom is 0.329 e. The van der Waals surface area contributed by atoms with Gasteiger partial charge in [-0.05, 0) is 75.3 Å². The normalized spacial score (nSPS) is 21.2. The number of Topliss-reactive ketones (excluding diaryl/α,β-unsaturated/α-hetero) is 1. The van der Waals surface area contributed by atoms with E-state index < -0.39 is 267 Å². The van der Waals surface area contributed by atoms with Crippen molar-refractivity contribution in [2.24, 2.45) is 29.0 Å². The van der Waals surface area contributed by atoms with Crippen LogP contribution in [0, 0.1) is 11.8 Å². The van der Waals surface area contributed by atoms with Crippen LogP contribution < -0.4 is 92.1 Å². The first-order chi connectivity index (χ1) is 55.6. The molecule has 0 unspecified atom stereocenters. The Morgan fingerprint density at radius 1 is 0.534 bits per heavy atom. The average molecular weight is 1660 g/mol. The van der Waals surface area contributed by atoms with E-state index in [1.165, 1.54) is 24.3 Å². The number of aromatic nitrogens is 1. The topological polar surface area (TPSA) is 725 Å². The smallest absolute Gasteiger partial charge is 0.329 e. The fraction of sp³-hybridized carbons (Fsp3) is 0.527. The van der Waals surface area contributed by atoms with Gasteiger partial charge in [0.2, 0.25) is 88.6 Å². The summed E-state index contributed by atoms with van der Waals surface area (Å²) in [7, 11) is 0. The number of aromatic amines is 1. The van der Waals surface area contributed by atoms with Crippen LogP contribution in [0.4, 0.5) is 5.69 Å². The summed E-state index contributed by atoms with van der Waals surface area (Å²) in [6.07, 6.45) is -4.75. The second-order valence-corrected chi connectivity index (χ2v) is 28.3. The van der Waals surface area contributed by atoms with Crippen molar-refractivity contribution in [1.29, 1.82) is 0 Å². The van der Waals surface area contributed by atoms with Crippen LogP contribution in [0.1, 0.15) is 153 Å². The fourth-order valence-electron chi connectivity index (χ4n) is 12.0. The van der Waals surface area contributed by atoms with Crippen molar-refractivity contribution < 1.29 is 126 Å². The monoisotopic (exact) mass is 1660 g/mol. The number of nitrogens with two attached hydrogens (primary N) is 4. The van der Waals surface area contributed by atoms with Crippen molar-refractivity contribution in [3.63, 3.8) is 0 Å². The first kappa shape index (κ1) is 97.2. The van der Waals surface area contributed by atoms with Crippen molar-refractivity contribution in [3.05, 3.63) is 65.9 Å². The Morgan fingerprint density at radius 2 is 1.08 bits per heavy atom. The van der Waals surface area contributed by atoms with Crippen LogP contribution in [0.2, 0.25) is 0 Å². The van der Waals surface area contributed by atoms with Crippen molar-refractivity contribution in [2.45, 2.75) is 216 Å². The molecule has 1 aliphatic rings. The maximum atomic E-state index is 14.9. The molecular weight excluding hydrogens is 1560 g/mol. The van der Waals surface area contributed by atoms with Gasteiger partial charge in [-0.25, -0.2) is 4.79 Å². The number of carbonyl (C=O) groups is 21. The first-order valence-corrected chi connectivity index (χ1v) is 37.7. The molecule has 0 bridgehead atoms. The summed E-state index contributed by atoms with van der Waals surface area (Å²) in [6.45, 7) is 4.48. The Morgan fingerprint density at radius 3 is 1.68 bits per heavy atom. The highest BCUT2D eigenvalue weighted by Crippen LogP contribution is 2.22. The van der Waals surface area contributed by atoms with E-state index in [2.05, 4.69) is 72.0 Å². The molecule has 1 aliphatic heterocycles. The van der Waals surface area contributed by atoms with Crippen LogP contribution in [-0.2, 0) is 107 Å². The maximum absolute atomic E-state index is 14.9. The van der Waals surface area contributed by atoms with Crippen LogP contribution >= 0.6 is 0 Å². The Balaban J connectivity index is 1.89. The molecule has 646 valence electrons. The summed E-state index contributed by atoms with van der Waals surface area (Å²) in [4.78, 5) is 290. The van der Waals surface area contributed by atoms with E-state index in [1.807, 2.05) is 16.0 Å². The number of ketones is 1. The summed E-state index contributed by atoms with van der Waals surface area (Å²) in [6, 6.07) is -10.8. The number of H-pyrrole nitrogens is 1. The number of anilines is 1. The summed E-state index contributed by atoms with van der Waals surface area (Å²) >= 11 is 0. The number of nitrogens with one attached hydrogen (secondary N) is 14. The number of hydrogen-bond acceptors (Lipinski definition) is 24. The highest BCUT2D eigenvalue weighted by atomic mass is 16.5. The fourth-order valence-corrected chi connectivity index (χ4v) is 12.0. The zero-order valence-electron chi connectivity index (χ0n) is 65.5. The standard InChI is InChI=1S/C74H104N18O26/c1-6-35(2)16-9-7-8-10-22-55(96)84-45(25-39-32-79-43-20-14-12-17-40(39)43)68(111)87-47(28-54(78)95)69(112)89-50(31-61(105)106)71(114)92-63-38(5)118-74(117)51(26-52(93)41-18-11-13-19-42(41)76)90-73(116)62(36(3)24-58(99)100)91-70(113)46(27-53(77)94)85-57(98)33-80-65(108)48(29-59(101)102)86-64(107)37(4)82-67(110)49(30-60(103)104)88-66(109)44(21-15-23-75)83-56(97)34-81-72(63)115/h11-14,17-20,32,35-38,44-51,62-63,79H,6-10,15-16,21-31,33-34,75-76H2,1-5H3,(H2,77,94)(H2,78,95)(H,80,108)(H,81,115)(H,82,110)(H,83,97)(H,84,96)(H,85,98)(H,86,107)(H,87,111)(H,88,109)(H,89,112)(H,90,116)(H,91,113)(H,92,114)(H,99,100)(H,101,102)(H,103,104)(H,105,106)/t35-,36+,37+,38-,44-,45-,46+,47+,48-,49-,50-,51-,62-,63-/m0/s1. The molecule has 0 saturated carbocycles. The number of benzene rings is 2. The highest BCUT2D eigenvalue weighted by molar-refractivity contribution is 6.05. The molecule has 44 nitrogen and oxygen atoms in total. The van der Waals surface area contributed by atoms with Crippen LogP contribution in [0.5, 0.6) is 0 Å². The number of rotatable bonds is 36. The molecule has 2 aromatic carbocycles. The van der Waals surface area contributed by atoms with Crippen molar-refractivity contribution in [1.82, 2.24) is 74.1 Å². The van der Waals surface area contributed by atoms with Gasteiger partial charge in [0, 0.05) is 47.6 Å². The summed E-state index contributed by atoms with van der Waals surface area (Å²) in [5, 5.41) is 68.4. The van der Waals surface area contributed by atoms with Crippen molar-refractivity contribution >= 4 is 141 Å². The van der Waals surface area contributed by atoms with Gasteiger partial charge in [-0.3, -0.25) is 95.9 Å². The third-order valence-corrected chi connectivity index (χ3v) is 18.6. The molecule has 2 heterocycles. The lowest BCUT2D eigenvalue weighted by Crippen LogP contribution is -2.62. The molecule has 1 saturated heterocycles. The van der Waals surface area contributed by atoms with Crippen molar-refractivity contribution in [2.75, 3.05) is 25.4 Å². The lowest BCUT2D eigenvalue weighted by molar-refractivity contribution is -0.156. The van der Waals surface area contributed by atoms with E-state index in [0.29, 0.717) is 35.2 Å². The minimum atomic E-state index is -2.47. The van der Waals surface area contributed by atoms with Gasteiger partial charge in [-0.15, -0.1) is 0 Å².